The molecule has 0 aliphatic heterocycles. The van der Waals surface area contributed by atoms with Gasteiger partial charge < -0.3 is 0 Å². The number of allylic oxidation sites excluding steroid dienone is 1. The molecule has 0 spiro atoms. The van der Waals surface area contributed by atoms with Crippen molar-refractivity contribution >= 4 is 0 Å². The topological polar surface area (TPSA) is 0 Å². The number of alkyl halides is 8. The van der Waals surface area contributed by atoms with Gasteiger partial charge in [0.05, 0.1) is 6.42 Å². The summed E-state index contributed by atoms with van der Waals surface area (Å²) in [5.74, 6) is -4.99. The SMILES string of the molecule is C=C(F)CC(F)(F)F.CC(F)(F)CC(F)(F)F. The molecule has 17 heavy (non-hydrogen) atoms. The maximum absolute atomic E-state index is 11.5. The van der Waals surface area contributed by atoms with E-state index in [0.717, 1.165) is 0 Å². The highest BCUT2D eigenvalue weighted by molar-refractivity contribution is 4.82. The van der Waals surface area contributed by atoms with Crippen molar-refractivity contribution in [2.45, 2.75) is 38.0 Å². The van der Waals surface area contributed by atoms with E-state index in [1.807, 2.05) is 0 Å². The van der Waals surface area contributed by atoms with Crippen LogP contribution < -0.4 is 0 Å². The molecule has 0 unspecified atom stereocenters. The molecule has 9 heteroatoms. The Kier molecular flexibility index (Phi) is 6.69. The lowest BCUT2D eigenvalue weighted by Gasteiger charge is -2.11. The fourth-order valence-electron chi connectivity index (χ4n) is 0.569. The van der Waals surface area contributed by atoms with Crippen molar-refractivity contribution in [3.05, 3.63) is 12.4 Å². The van der Waals surface area contributed by atoms with Crippen molar-refractivity contribution in [2.75, 3.05) is 0 Å². The van der Waals surface area contributed by atoms with Gasteiger partial charge in [-0.3, -0.25) is 0 Å². The van der Waals surface area contributed by atoms with Crippen molar-refractivity contribution < 1.29 is 39.5 Å². The second kappa shape index (κ2) is 6.15. The average molecular weight is 276 g/mol. The lowest BCUT2D eigenvalue weighted by Crippen LogP contribution is -2.21. The Labute approximate surface area is 91.1 Å². The minimum Gasteiger partial charge on any atom is -0.212 e. The molecule has 0 N–H and O–H groups in total. The highest BCUT2D eigenvalue weighted by atomic mass is 19.4. The molecule has 0 aromatic carbocycles. The largest absolute Gasteiger partial charge is 0.395 e. The molecule has 0 radical (unpaired) electrons. The van der Waals surface area contributed by atoms with Crippen LogP contribution >= 0.6 is 0 Å². The van der Waals surface area contributed by atoms with Crippen molar-refractivity contribution in [3.8, 4) is 0 Å². The Morgan fingerprint density at radius 3 is 1.24 bits per heavy atom. The number of rotatable bonds is 2. The summed E-state index contributed by atoms with van der Waals surface area (Å²) in [6.07, 6.45) is -12.8. The molecule has 0 rings (SSSR count). The van der Waals surface area contributed by atoms with Gasteiger partial charge in [0.1, 0.15) is 12.2 Å². The summed E-state index contributed by atoms with van der Waals surface area (Å²) in [6, 6.07) is 0. The van der Waals surface area contributed by atoms with E-state index in [-0.39, 0.29) is 6.92 Å². The Morgan fingerprint density at radius 1 is 0.882 bits per heavy atom. The second-order valence-electron chi connectivity index (χ2n) is 3.17. The third-order valence-electron chi connectivity index (χ3n) is 0.903. The molecule has 0 atom stereocenters. The van der Waals surface area contributed by atoms with Crippen LogP contribution in [0, 0.1) is 0 Å². The fourth-order valence-corrected chi connectivity index (χ4v) is 0.569. The van der Waals surface area contributed by atoms with Gasteiger partial charge in [0.15, 0.2) is 0 Å². The zero-order chi connectivity index (χ0) is 14.5. The average Bonchev–Trinajstić information content (AvgIpc) is 1.68. The Bertz CT molecular complexity index is 217. The summed E-state index contributed by atoms with van der Waals surface area (Å²) < 4.78 is 101. The first-order valence-corrected chi connectivity index (χ1v) is 3.97. The maximum Gasteiger partial charge on any atom is 0.395 e. The van der Waals surface area contributed by atoms with E-state index in [9.17, 15) is 39.5 Å². The Hall–Kier alpha value is -0.890. The van der Waals surface area contributed by atoms with Crippen LogP contribution in [0.4, 0.5) is 39.5 Å². The minimum atomic E-state index is -4.77. The van der Waals surface area contributed by atoms with Gasteiger partial charge in [-0.1, -0.05) is 6.58 Å². The van der Waals surface area contributed by atoms with Gasteiger partial charge in [-0.05, 0) is 6.92 Å². The summed E-state index contributed by atoms with van der Waals surface area (Å²) in [7, 11) is 0. The predicted molar refractivity (Wildman–Crippen MR) is 42.2 cm³/mol. The highest BCUT2D eigenvalue weighted by Crippen LogP contribution is 2.30. The highest BCUT2D eigenvalue weighted by Gasteiger charge is 2.39. The number of halogens is 9. The minimum absolute atomic E-state index is 0.237. The molecule has 0 fully saturated rings. The number of hydrogen-bond donors (Lipinski definition) is 0. The van der Waals surface area contributed by atoms with Crippen LogP contribution in [0.15, 0.2) is 12.4 Å². The Morgan fingerprint density at radius 2 is 1.24 bits per heavy atom. The van der Waals surface area contributed by atoms with Crippen molar-refractivity contribution in [2.24, 2.45) is 0 Å². The summed E-state index contributed by atoms with van der Waals surface area (Å²) in [4.78, 5) is 0. The molecular formula is C8H9F9. The van der Waals surface area contributed by atoms with Gasteiger partial charge >= 0.3 is 12.4 Å². The van der Waals surface area contributed by atoms with E-state index in [1.165, 1.54) is 0 Å². The lowest BCUT2D eigenvalue weighted by molar-refractivity contribution is -0.182. The normalized spacial score (nSPS) is 12.8. The molecule has 0 aromatic heterocycles. The number of hydrogen-bond acceptors (Lipinski definition) is 0. The van der Waals surface area contributed by atoms with Crippen molar-refractivity contribution in [1.29, 1.82) is 0 Å². The van der Waals surface area contributed by atoms with E-state index >= 15 is 0 Å². The summed E-state index contributed by atoms with van der Waals surface area (Å²) >= 11 is 0. The quantitative estimate of drug-likeness (QED) is 0.621. The molecule has 0 saturated carbocycles. The second-order valence-corrected chi connectivity index (χ2v) is 3.17. The zero-order valence-electron chi connectivity index (χ0n) is 8.52. The fraction of sp³-hybridized carbons (Fsp3) is 0.750. The first kappa shape index (κ1) is 18.5. The molecule has 0 nitrogen and oxygen atoms in total. The standard InChI is InChI=1S/C4H5F5.C4H4F4/c1-3(5,6)2-4(7,8)9;1-3(5)2-4(6,7)8/h2H2,1H3;1-2H2. The van der Waals surface area contributed by atoms with Gasteiger partial charge in [0, 0.05) is 0 Å². The van der Waals surface area contributed by atoms with Crippen LogP contribution in [0.1, 0.15) is 19.8 Å². The van der Waals surface area contributed by atoms with Crippen LogP contribution in [0.2, 0.25) is 0 Å². The molecule has 0 bridgehead atoms. The maximum atomic E-state index is 11.5. The summed E-state index contributed by atoms with van der Waals surface area (Å²) in [6.45, 7) is 2.69. The zero-order valence-corrected chi connectivity index (χ0v) is 8.52. The first-order chi connectivity index (χ1) is 7.12. The third-order valence-corrected chi connectivity index (χ3v) is 0.903. The van der Waals surface area contributed by atoms with Gasteiger partial charge in [-0.2, -0.15) is 26.3 Å². The molecule has 0 heterocycles. The van der Waals surface area contributed by atoms with Gasteiger partial charge in [-0.15, -0.1) is 0 Å². The van der Waals surface area contributed by atoms with Crippen LogP contribution in [0.3, 0.4) is 0 Å². The molecule has 0 aromatic rings. The van der Waals surface area contributed by atoms with Crippen LogP contribution in [0.5, 0.6) is 0 Å². The van der Waals surface area contributed by atoms with E-state index in [4.69, 9.17) is 0 Å². The molecule has 104 valence electrons. The van der Waals surface area contributed by atoms with Crippen LogP contribution in [-0.2, 0) is 0 Å². The van der Waals surface area contributed by atoms with Crippen molar-refractivity contribution in [3.63, 3.8) is 0 Å². The molecule has 0 saturated heterocycles. The third kappa shape index (κ3) is 25.4. The van der Waals surface area contributed by atoms with E-state index in [0.29, 0.717) is 0 Å². The Balaban J connectivity index is 0. The summed E-state index contributed by atoms with van der Waals surface area (Å²) in [5, 5.41) is 0. The lowest BCUT2D eigenvalue weighted by atomic mass is 10.3. The van der Waals surface area contributed by atoms with E-state index in [2.05, 4.69) is 6.58 Å². The molecular weight excluding hydrogens is 267 g/mol. The van der Waals surface area contributed by atoms with Crippen LogP contribution in [0.25, 0.3) is 0 Å². The van der Waals surface area contributed by atoms with Gasteiger partial charge in [-0.25, -0.2) is 13.2 Å². The van der Waals surface area contributed by atoms with E-state index in [1.54, 1.807) is 0 Å². The predicted octanol–water partition coefficient (Wildman–Crippen LogP) is 5.02. The van der Waals surface area contributed by atoms with Crippen molar-refractivity contribution in [1.82, 2.24) is 0 Å². The smallest absolute Gasteiger partial charge is 0.212 e. The van der Waals surface area contributed by atoms with Gasteiger partial charge in [0.2, 0.25) is 0 Å². The van der Waals surface area contributed by atoms with Crippen LogP contribution in [-0.4, -0.2) is 18.3 Å². The summed E-state index contributed by atoms with van der Waals surface area (Å²) in [5.41, 5.74) is 0. The van der Waals surface area contributed by atoms with E-state index < -0.39 is 36.9 Å². The van der Waals surface area contributed by atoms with Gasteiger partial charge in [0.25, 0.3) is 5.92 Å². The first-order valence-electron chi connectivity index (χ1n) is 3.97. The molecule has 0 aliphatic carbocycles. The monoisotopic (exact) mass is 276 g/mol. The molecule has 0 aliphatic rings. The molecule has 0 amide bonds.